The van der Waals surface area contributed by atoms with E-state index in [2.05, 4.69) is 0 Å². The van der Waals surface area contributed by atoms with Crippen LogP contribution in [0.25, 0.3) is 0 Å². The molecule has 0 aromatic carbocycles. The van der Waals surface area contributed by atoms with Crippen molar-refractivity contribution in [2.75, 3.05) is 19.6 Å². The minimum absolute atomic E-state index is 0. The van der Waals surface area contributed by atoms with E-state index in [1.807, 2.05) is 0 Å². The monoisotopic (exact) mass is 248 g/mol. The first kappa shape index (κ1) is 13.3. The van der Waals surface area contributed by atoms with Gasteiger partial charge in [-0.15, -0.1) is 12.4 Å². The minimum atomic E-state index is -1.36. The van der Waals surface area contributed by atoms with Crippen molar-refractivity contribution in [2.24, 2.45) is 17.1 Å². The van der Waals surface area contributed by atoms with Crippen molar-refractivity contribution in [2.45, 2.75) is 19.3 Å². The molecule has 2 atom stereocenters. The zero-order valence-corrected chi connectivity index (χ0v) is 9.83. The van der Waals surface area contributed by atoms with Crippen LogP contribution in [0.5, 0.6) is 0 Å². The first-order chi connectivity index (χ1) is 7.09. The molecule has 0 radical (unpaired) electrons. The van der Waals surface area contributed by atoms with Crippen molar-refractivity contribution >= 4 is 24.3 Å². The molecule has 1 amide bonds. The third-order valence-corrected chi connectivity index (χ3v) is 3.92. The van der Waals surface area contributed by atoms with Gasteiger partial charge in [-0.1, -0.05) is 6.42 Å². The average Bonchev–Trinajstić information content (AvgIpc) is 2.72. The molecule has 16 heavy (non-hydrogen) atoms. The quantitative estimate of drug-likeness (QED) is 0.644. The topological polar surface area (TPSA) is 83.6 Å². The Hall–Kier alpha value is -0.810. The molecule has 1 saturated carbocycles. The molecule has 1 aliphatic carbocycles. The molecule has 92 valence electrons. The van der Waals surface area contributed by atoms with Crippen molar-refractivity contribution < 1.29 is 14.7 Å². The van der Waals surface area contributed by atoms with Crippen LogP contribution in [0.15, 0.2) is 0 Å². The Bertz CT molecular complexity index is 310. The SMILES string of the molecule is Cl.NC[C@@]12CCC[C@@H]1CN(C(=O)C(=O)O)C2. The van der Waals surface area contributed by atoms with E-state index in [0.717, 1.165) is 19.3 Å². The highest BCUT2D eigenvalue weighted by Crippen LogP contribution is 2.47. The van der Waals surface area contributed by atoms with Crippen LogP contribution in [0.4, 0.5) is 0 Å². The number of rotatable bonds is 1. The number of halogens is 1. The number of hydrogen-bond donors (Lipinski definition) is 2. The van der Waals surface area contributed by atoms with Gasteiger partial charge in [0, 0.05) is 18.5 Å². The first-order valence-corrected chi connectivity index (χ1v) is 5.31. The summed E-state index contributed by atoms with van der Waals surface area (Å²) in [6, 6.07) is 0. The second kappa shape index (κ2) is 4.59. The van der Waals surface area contributed by atoms with Crippen LogP contribution in [0.1, 0.15) is 19.3 Å². The number of hydrogen-bond acceptors (Lipinski definition) is 3. The van der Waals surface area contributed by atoms with Gasteiger partial charge in [0.25, 0.3) is 0 Å². The lowest BCUT2D eigenvalue weighted by Crippen LogP contribution is -2.39. The Morgan fingerprint density at radius 1 is 1.50 bits per heavy atom. The summed E-state index contributed by atoms with van der Waals surface area (Å²) in [7, 11) is 0. The van der Waals surface area contributed by atoms with Crippen LogP contribution in [-0.2, 0) is 9.59 Å². The van der Waals surface area contributed by atoms with Gasteiger partial charge >= 0.3 is 11.9 Å². The predicted octanol–water partition coefficient (Wildman–Crippen LogP) is 0.0802. The van der Waals surface area contributed by atoms with Crippen LogP contribution in [0, 0.1) is 11.3 Å². The summed E-state index contributed by atoms with van der Waals surface area (Å²) in [5, 5.41) is 8.64. The van der Waals surface area contributed by atoms with Gasteiger partial charge in [0.2, 0.25) is 0 Å². The number of nitrogens with two attached hydrogens (primary N) is 1. The number of carbonyl (C=O) groups is 2. The lowest BCUT2D eigenvalue weighted by molar-refractivity contribution is -0.155. The molecule has 1 heterocycles. The molecule has 5 nitrogen and oxygen atoms in total. The van der Waals surface area contributed by atoms with E-state index in [1.165, 1.54) is 4.90 Å². The van der Waals surface area contributed by atoms with Crippen LogP contribution in [0.2, 0.25) is 0 Å². The number of nitrogens with zero attached hydrogens (tertiary/aromatic N) is 1. The van der Waals surface area contributed by atoms with Gasteiger partial charge in [0.05, 0.1) is 0 Å². The summed E-state index contributed by atoms with van der Waals surface area (Å²) >= 11 is 0. The summed E-state index contributed by atoms with van der Waals surface area (Å²) in [6.07, 6.45) is 3.25. The Morgan fingerprint density at radius 3 is 2.69 bits per heavy atom. The summed E-state index contributed by atoms with van der Waals surface area (Å²) < 4.78 is 0. The average molecular weight is 249 g/mol. The number of fused-ring (bicyclic) bond motifs is 1. The van der Waals surface area contributed by atoms with E-state index in [0.29, 0.717) is 25.6 Å². The standard InChI is InChI=1S/C10H16N2O3.ClH/c11-5-10-3-1-2-7(10)4-12(6-10)8(13)9(14)15;/h7H,1-6,11H2,(H,14,15);1H/t7-,10-;/m1./s1. The number of carboxylic acids is 1. The Balaban J connectivity index is 0.00000128. The van der Waals surface area contributed by atoms with E-state index in [9.17, 15) is 9.59 Å². The van der Waals surface area contributed by atoms with Crippen molar-refractivity contribution in [1.29, 1.82) is 0 Å². The molecule has 3 N–H and O–H groups in total. The van der Waals surface area contributed by atoms with E-state index >= 15 is 0 Å². The molecule has 0 aromatic heterocycles. The van der Waals surface area contributed by atoms with Crippen molar-refractivity contribution in [3.05, 3.63) is 0 Å². The molecular formula is C10H17ClN2O3. The second-order valence-corrected chi connectivity index (χ2v) is 4.65. The maximum absolute atomic E-state index is 11.3. The van der Waals surface area contributed by atoms with E-state index < -0.39 is 11.9 Å². The van der Waals surface area contributed by atoms with Gasteiger partial charge < -0.3 is 15.7 Å². The molecule has 2 rings (SSSR count). The normalized spacial score (nSPS) is 32.1. The third-order valence-electron chi connectivity index (χ3n) is 3.92. The van der Waals surface area contributed by atoms with Crippen molar-refractivity contribution in [1.82, 2.24) is 4.90 Å². The third kappa shape index (κ3) is 1.89. The van der Waals surface area contributed by atoms with Gasteiger partial charge in [-0.2, -0.15) is 0 Å². The van der Waals surface area contributed by atoms with Crippen molar-refractivity contribution in [3.63, 3.8) is 0 Å². The van der Waals surface area contributed by atoms with Crippen LogP contribution < -0.4 is 5.73 Å². The predicted molar refractivity (Wildman–Crippen MR) is 60.3 cm³/mol. The molecule has 6 heteroatoms. The highest BCUT2D eigenvalue weighted by Gasteiger charge is 2.50. The number of carbonyl (C=O) groups excluding carboxylic acids is 1. The highest BCUT2D eigenvalue weighted by molar-refractivity contribution is 6.31. The fourth-order valence-corrected chi connectivity index (χ4v) is 3.04. The fraction of sp³-hybridized carbons (Fsp3) is 0.800. The van der Waals surface area contributed by atoms with Gasteiger partial charge in [0.1, 0.15) is 0 Å². The Labute approximate surface area is 100 Å². The molecule has 0 spiro atoms. The molecule has 0 aromatic rings. The highest BCUT2D eigenvalue weighted by atomic mass is 35.5. The van der Waals surface area contributed by atoms with Gasteiger partial charge in [-0.25, -0.2) is 4.79 Å². The van der Waals surface area contributed by atoms with E-state index in [-0.39, 0.29) is 17.8 Å². The minimum Gasteiger partial charge on any atom is -0.474 e. The number of carboxylic acid groups (broad SMARTS) is 1. The lowest BCUT2D eigenvalue weighted by atomic mass is 9.81. The largest absolute Gasteiger partial charge is 0.474 e. The molecule has 2 fully saturated rings. The summed E-state index contributed by atoms with van der Waals surface area (Å²) in [6.45, 7) is 1.66. The van der Waals surface area contributed by atoms with Gasteiger partial charge in [-0.05, 0) is 25.3 Å². The summed E-state index contributed by atoms with van der Waals surface area (Å²) in [4.78, 5) is 23.3. The first-order valence-electron chi connectivity index (χ1n) is 5.31. The zero-order chi connectivity index (χ0) is 11.1. The molecule has 0 bridgehead atoms. The fourth-order valence-electron chi connectivity index (χ4n) is 3.04. The molecule has 1 aliphatic heterocycles. The van der Waals surface area contributed by atoms with Crippen LogP contribution >= 0.6 is 12.4 Å². The number of aliphatic carboxylic acids is 1. The molecule has 0 unspecified atom stereocenters. The second-order valence-electron chi connectivity index (χ2n) is 4.65. The van der Waals surface area contributed by atoms with Crippen LogP contribution in [-0.4, -0.2) is 41.5 Å². The number of likely N-dealkylation sites (tertiary alicyclic amines) is 1. The Morgan fingerprint density at radius 2 is 2.19 bits per heavy atom. The smallest absolute Gasteiger partial charge is 0.394 e. The summed E-state index contributed by atoms with van der Waals surface area (Å²) in [5.74, 6) is -1.73. The van der Waals surface area contributed by atoms with Gasteiger partial charge in [-0.3, -0.25) is 4.79 Å². The van der Waals surface area contributed by atoms with E-state index in [1.54, 1.807) is 0 Å². The van der Waals surface area contributed by atoms with Crippen molar-refractivity contribution in [3.8, 4) is 0 Å². The van der Waals surface area contributed by atoms with Gasteiger partial charge in [0.15, 0.2) is 0 Å². The zero-order valence-electron chi connectivity index (χ0n) is 9.02. The number of amides is 1. The molecule has 2 aliphatic rings. The summed E-state index contributed by atoms with van der Waals surface area (Å²) in [5.41, 5.74) is 5.77. The van der Waals surface area contributed by atoms with Crippen LogP contribution in [0.3, 0.4) is 0 Å². The molecule has 1 saturated heterocycles. The Kier molecular flexibility index (Phi) is 3.80. The molecular weight excluding hydrogens is 232 g/mol. The maximum atomic E-state index is 11.3. The van der Waals surface area contributed by atoms with E-state index in [4.69, 9.17) is 10.8 Å². The maximum Gasteiger partial charge on any atom is 0.394 e. The lowest BCUT2D eigenvalue weighted by Gasteiger charge is -2.26.